The number of hydrogen-bond acceptors (Lipinski definition) is 4. The van der Waals surface area contributed by atoms with Crippen LogP contribution in [0.5, 0.6) is 5.75 Å². The van der Waals surface area contributed by atoms with Gasteiger partial charge in [-0.2, -0.15) is 0 Å². The summed E-state index contributed by atoms with van der Waals surface area (Å²) >= 11 is 7.55. The van der Waals surface area contributed by atoms with Crippen LogP contribution in [-0.4, -0.2) is 24.3 Å². The molecule has 1 aliphatic carbocycles. The first kappa shape index (κ1) is 16.0. The smallest absolute Gasteiger partial charge is 0.258 e. The molecule has 3 rings (SSSR count). The molecule has 23 heavy (non-hydrogen) atoms. The third-order valence-electron chi connectivity index (χ3n) is 3.42. The van der Waals surface area contributed by atoms with Crippen molar-refractivity contribution in [1.82, 2.24) is 5.32 Å². The normalized spacial score (nSPS) is 13.7. The number of carbonyl (C=O) groups is 2. The fourth-order valence-corrected chi connectivity index (χ4v) is 3.23. The molecule has 0 spiro atoms. The molecule has 120 valence electrons. The highest BCUT2D eigenvalue weighted by Crippen LogP contribution is 2.33. The van der Waals surface area contributed by atoms with Crippen molar-refractivity contribution in [2.45, 2.75) is 25.8 Å². The van der Waals surface area contributed by atoms with Crippen LogP contribution in [0.4, 0.5) is 0 Å². The summed E-state index contributed by atoms with van der Waals surface area (Å²) in [6.45, 7) is 1.51. The van der Waals surface area contributed by atoms with Crippen LogP contribution in [0.2, 0.25) is 5.02 Å². The van der Waals surface area contributed by atoms with Gasteiger partial charge in [-0.3, -0.25) is 9.59 Å². The Labute approximate surface area is 143 Å². The van der Waals surface area contributed by atoms with E-state index in [1.807, 2.05) is 18.2 Å². The molecule has 4 nitrogen and oxygen atoms in total. The van der Waals surface area contributed by atoms with Gasteiger partial charge in [0.15, 0.2) is 12.4 Å². The molecule has 0 atom stereocenters. The molecule has 1 amide bonds. The molecule has 0 unspecified atom stereocenters. The van der Waals surface area contributed by atoms with Crippen LogP contribution in [0.15, 0.2) is 30.3 Å². The summed E-state index contributed by atoms with van der Waals surface area (Å²) in [4.78, 5) is 24.7. The number of ketones is 1. The Morgan fingerprint density at radius 1 is 1.30 bits per heavy atom. The second-order valence-corrected chi connectivity index (χ2v) is 7.05. The highest BCUT2D eigenvalue weighted by atomic mass is 35.5. The lowest BCUT2D eigenvalue weighted by molar-refractivity contribution is -0.123. The van der Waals surface area contributed by atoms with Crippen LogP contribution < -0.4 is 10.1 Å². The number of carbonyl (C=O) groups excluding carboxylic acids is 2. The molecule has 1 aliphatic rings. The van der Waals surface area contributed by atoms with Gasteiger partial charge in [0.1, 0.15) is 5.75 Å². The fraction of sp³-hybridized carbons (Fsp3) is 0.294. The van der Waals surface area contributed by atoms with Crippen molar-refractivity contribution in [3.63, 3.8) is 0 Å². The Morgan fingerprint density at radius 3 is 2.74 bits per heavy atom. The fourth-order valence-electron chi connectivity index (χ4n) is 2.12. The van der Waals surface area contributed by atoms with Crippen LogP contribution in [0.3, 0.4) is 0 Å². The Bertz CT molecular complexity index is 752. The summed E-state index contributed by atoms with van der Waals surface area (Å²) in [6.07, 6.45) is 2.09. The third-order valence-corrected chi connectivity index (χ3v) is 4.87. The van der Waals surface area contributed by atoms with Crippen LogP contribution in [0, 0.1) is 0 Å². The lowest BCUT2D eigenvalue weighted by Gasteiger charge is -2.09. The van der Waals surface area contributed by atoms with E-state index in [4.69, 9.17) is 16.3 Å². The van der Waals surface area contributed by atoms with Gasteiger partial charge in [-0.1, -0.05) is 11.6 Å². The van der Waals surface area contributed by atoms with E-state index < -0.39 is 0 Å². The van der Waals surface area contributed by atoms with Crippen molar-refractivity contribution in [3.8, 4) is 16.2 Å². The van der Waals surface area contributed by atoms with E-state index in [1.165, 1.54) is 11.3 Å². The van der Waals surface area contributed by atoms with E-state index in [1.54, 1.807) is 19.1 Å². The summed E-state index contributed by atoms with van der Waals surface area (Å²) in [7, 11) is 0. The van der Waals surface area contributed by atoms with Crippen molar-refractivity contribution < 1.29 is 14.3 Å². The number of benzene rings is 1. The van der Waals surface area contributed by atoms with Gasteiger partial charge in [0, 0.05) is 15.9 Å². The zero-order valence-electron chi connectivity index (χ0n) is 12.6. The maximum atomic E-state index is 11.7. The van der Waals surface area contributed by atoms with Crippen molar-refractivity contribution >= 4 is 34.6 Å². The van der Waals surface area contributed by atoms with Crippen molar-refractivity contribution in [2.24, 2.45) is 0 Å². The van der Waals surface area contributed by atoms with Crippen molar-refractivity contribution in [2.75, 3.05) is 6.61 Å². The van der Waals surface area contributed by atoms with Gasteiger partial charge in [-0.25, -0.2) is 0 Å². The minimum atomic E-state index is -0.121. The number of ether oxygens (including phenoxy) is 1. The predicted octanol–water partition coefficient (Wildman–Crippen LogP) is 3.93. The minimum Gasteiger partial charge on any atom is -0.484 e. The molecule has 0 saturated heterocycles. The average Bonchev–Trinajstić information content (AvgIpc) is 3.16. The molecule has 2 aromatic rings. The summed E-state index contributed by atoms with van der Waals surface area (Å²) in [6, 6.07) is 9.32. The summed E-state index contributed by atoms with van der Waals surface area (Å²) in [5.41, 5.74) is 0.868. The second kappa shape index (κ2) is 6.72. The standard InChI is InChI=1S/C17H16ClNO3S/c1-10(20)15-4-5-16(23-15)11-6-12(18)8-14(7-11)22-9-17(21)19-13-2-3-13/h4-8,13H,2-3,9H2,1H3,(H,19,21). The van der Waals surface area contributed by atoms with Gasteiger partial charge in [0.05, 0.1) is 4.88 Å². The van der Waals surface area contributed by atoms with Crippen LogP contribution >= 0.6 is 22.9 Å². The maximum Gasteiger partial charge on any atom is 0.258 e. The van der Waals surface area contributed by atoms with Gasteiger partial charge in [-0.15, -0.1) is 11.3 Å². The summed E-state index contributed by atoms with van der Waals surface area (Å²) < 4.78 is 5.53. The Balaban J connectivity index is 1.72. The number of thiophene rings is 1. The summed E-state index contributed by atoms with van der Waals surface area (Å²) in [5, 5.41) is 3.39. The first-order valence-corrected chi connectivity index (χ1v) is 8.54. The molecule has 6 heteroatoms. The topological polar surface area (TPSA) is 55.4 Å². The minimum absolute atomic E-state index is 0.0284. The Hall–Kier alpha value is -1.85. The van der Waals surface area contributed by atoms with E-state index >= 15 is 0 Å². The molecule has 1 saturated carbocycles. The average molecular weight is 350 g/mol. The quantitative estimate of drug-likeness (QED) is 0.804. The molecular weight excluding hydrogens is 334 g/mol. The first-order valence-electron chi connectivity index (χ1n) is 7.35. The molecule has 1 N–H and O–H groups in total. The molecule has 0 radical (unpaired) electrons. The Morgan fingerprint density at radius 2 is 2.09 bits per heavy atom. The first-order chi connectivity index (χ1) is 11.0. The van der Waals surface area contributed by atoms with Gasteiger partial charge >= 0.3 is 0 Å². The Kier molecular flexibility index (Phi) is 4.68. The second-order valence-electron chi connectivity index (χ2n) is 5.53. The zero-order valence-corrected chi connectivity index (χ0v) is 14.2. The van der Waals surface area contributed by atoms with E-state index in [9.17, 15) is 9.59 Å². The van der Waals surface area contributed by atoms with E-state index in [2.05, 4.69) is 5.32 Å². The van der Waals surface area contributed by atoms with E-state index in [0.29, 0.717) is 21.7 Å². The highest BCUT2D eigenvalue weighted by Gasteiger charge is 2.23. The number of Topliss-reactive ketones (excluding diaryl/α,β-unsaturated/α-hetero) is 1. The lowest BCUT2D eigenvalue weighted by Crippen LogP contribution is -2.30. The monoisotopic (exact) mass is 349 g/mol. The third kappa shape index (κ3) is 4.33. The largest absolute Gasteiger partial charge is 0.484 e. The number of amides is 1. The molecule has 1 heterocycles. The molecule has 1 fully saturated rings. The van der Waals surface area contributed by atoms with Gasteiger partial charge in [0.25, 0.3) is 5.91 Å². The molecule has 1 aromatic carbocycles. The van der Waals surface area contributed by atoms with Crippen LogP contribution in [-0.2, 0) is 4.79 Å². The van der Waals surface area contributed by atoms with Crippen LogP contribution in [0.1, 0.15) is 29.4 Å². The SMILES string of the molecule is CC(=O)c1ccc(-c2cc(Cl)cc(OCC(=O)NC3CC3)c2)s1. The predicted molar refractivity (Wildman–Crippen MR) is 91.4 cm³/mol. The lowest BCUT2D eigenvalue weighted by atomic mass is 10.2. The molecular formula is C17H16ClNO3S. The number of halogens is 1. The maximum absolute atomic E-state index is 11.7. The van der Waals surface area contributed by atoms with Crippen LogP contribution in [0.25, 0.3) is 10.4 Å². The summed E-state index contributed by atoms with van der Waals surface area (Å²) in [5.74, 6) is 0.455. The molecule has 0 bridgehead atoms. The van der Waals surface area contributed by atoms with Gasteiger partial charge < -0.3 is 10.1 Å². The number of nitrogens with one attached hydrogen (secondary N) is 1. The van der Waals surface area contributed by atoms with Gasteiger partial charge in [-0.05, 0) is 55.7 Å². The molecule has 1 aromatic heterocycles. The van der Waals surface area contributed by atoms with Gasteiger partial charge in [0.2, 0.25) is 0 Å². The number of hydrogen-bond donors (Lipinski definition) is 1. The van der Waals surface area contributed by atoms with E-state index in [-0.39, 0.29) is 18.3 Å². The van der Waals surface area contributed by atoms with E-state index in [0.717, 1.165) is 23.3 Å². The highest BCUT2D eigenvalue weighted by molar-refractivity contribution is 7.17. The number of rotatable bonds is 6. The van der Waals surface area contributed by atoms with Crippen molar-refractivity contribution in [3.05, 3.63) is 40.2 Å². The zero-order chi connectivity index (χ0) is 16.4. The van der Waals surface area contributed by atoms with Crippen molar-refractivity contribution in [1.29, 1.82) is 0 Å². The molecule has 0 aliphatic heterocycles.